The molecule has 162 valence electrons. The Labute approximate surface area is 179 Å². The van der Waals surface area contributed by atoms with Crippen LogP contribution in [0, 0.1) is 0 Å². The number of ether oxygens (including phenoxy) is 3. The van der Waals surface area contributed by atoms with Gasteiger partial charge in [0.25, 0.3) is 0 Å². The maximum Gasteiger partial charge on any atom is 0.225 e. The van der Waals surface area contributed by atoms with Gasteiger partial charge in [0.05, 0.1) is 26.0 Å². The highest BCUT2D eigenvalue weighted by Crippen LogP contribution is 2.28. The Hall–Kier alpha value is -2.38. The molecule has 2 fully saturated rings. The first kappa shape index (κ1) is 20.9. The highest BCUT2D eigenvalue weighted by Gasteiger charge is 2.21. The smallest absolute Gasteiger partial charge is 0.225 e. The van der Waals surface area contributed by atoms with Gasteiger partial charge in [-0.05, 0) is 49.4 Å². The maximum atomic E-state index is 5.92. The van der Waals surface area contributed by atoms with Crippen molar-refractivity contribution in [2.45, 2.75) is 44.9 Å². The molecule has 1 atom stereocenters. The molecular formula is C23H32N4O3. The van der Waals surface area contributed by atoms with Crippen LogP contribution < -0.4 is 14.4 Å². The predicted octanol–water partition coefficient (Wildman–Crippen LogP) is 3.28. The summed E-state index contributed by atoms with van der Waals surface area (Å²) in [5.41, 5.74) is 2.23. The lowest BCUT2D eigenvalue weighted by Gasteiger charge is -2.26. The lowest BCUT2D eigenvalue weighted by atomic mass is 10.1. The van der Waals surface area contributed by atoms with Gasteiger partial charge < -0.3 is 19.1 Å². The summed E-state index contributed by atoms with van der Waals surface area (Å²) >= 11 is 0. The van der Waals surface area contributed by atoms with Crippen molar-refractivity contribution < 1.29 is 14.2 Å². The molecule has 0 radical (unpaired) electrons. The average Bonchev–Trinajstić information content (AvgIpc) is 3.48. The minimum absolute atomic E-state index is 0.282. The first-order valence-corrected chi connectivity index (χ1v) is 10.9. The zero-order valence-electron chi connectivity index (χ0n) is 18.0. The van der Waals surface area contributed by atoms with Crippen LogP contribution >= 0.6 is 0 Å². The Morgan fingerprint density at radius 2 is 1.90 bits per heavy atom. The molecular weight excluding hydrogens is 380 g/mol. The van der Waals surface area contributed by atoms with E-state index in [1.165, 1.54) is 18.4 Å². The molecule has 2 saturated heterocycles. The molecule has 7 heteroatoms. The fraction of sp³-hybridized carbons (Fsp3) is 0.565. The van der Waals surface area contributed by atoms with Gasteiger partial charge in [-0.3, -0.25) is 4.90 Å². The van der Waals surface area contributed by atoms with Crippen LogP contribution in [-0.2, 0) is 17.8 Å². The Morgan fingerprint density at radius 3 is 2.63 bits per heavy atom. The van der Waals surface area contributed by atoms with Crippen LogP contribution in [0.15, 0.2) is 30.5 Å². The Morgan fingerprint density at radius 1 is 1.07 bits per heavy atom. The van der Waals surface area contributed by atoms with Crippen LogP contribution in [0.2, 0.25) is 0 Å². The molecule has 3 heterocycles. The fourth-order valence-corrected chi connectivity index (χ4v) is 4.27. The molecule has 0 spiro atoms. The van der Waals surface area contributed by atoms with Crippen LogP contribution in [0.25, 0.3) is 0 Å². The van der Waals surface area contributed by atoms with Crippen LogP contribution in [0.5, 0.6) is 11.5 Å². The third-order valence-electron chi connectivity index (χ3n) is 5.82. The van der Waals surface area contributed by atoms with Gasteiger partial charge in [-0.15, -0.1) is 0 Å². The van der Waals surface area contributed by atoms with E-state index in [1.807, 2.05) is 18.3 Å². The van der Waals surface area contributed by atoms with Gasteiger partial charge in [0.2, 0.25) is 5.95 Å². The number of hydrogen-bond acceptors (Lipinski definition) is 7. The van der Waals surface area contributed by atoms with E-state index in [2.05, 4.69) is 26.9 Å². The fourth-order valence-electron chi connectivity index (χ4n) is 4.27. The van der Waals surface area contributed by atoms with E-state index in [-0.39, 0.29) is 6.10 Å². The molecule has 4 rings (SSSR count). The first-order chi connectivity index (χ1) is 14.7. The van der Waals surface area contributed by atoms with Gasteiger partial charge in [0.15, 0.2) is 11.5 Å². The molecule has 0 aliphatic carbocycles. The molecule has 2 aliphatic rings. The summed E-state index contributed by atoms with van der Waals surface area (Å²) in [4.78, 5) is 14.0. The molecule has 2 aliphatic heterocycles. The zero-order chi connectivity index (χ0) is 20.8. The molecule has 1 unspecified atom stereocenters. The van der Waals surface area contributed by atoms with Crippen molar-refractivity contribution in [1.29, 1.82) is 0 Å². The predicted molar refractivity (Wildman–Crippen MR) is 116 cm³/mol. The number of nitrogens with zero attached hydrogens (tertiary/aromatic N) is 4. The molecule has 0 saturated carbocycles. The molecule has 7 nitrogen and oxygen atoms in total. The minimum Gasteiger partial charge on any atom is -0.493 e. The molecule has 1 aromatic heterocycles. The largest absolute Gasteiger partial charge is 0.493 e. The summed E-state index contributed by atoms with van der Waals surface area (Å²) in [5, 5.41) is 0. The summed E-state index contributed by atoms with van der Waals surface area (Å²) in [6.45, 7) is 5.41. The quantitative estimate of drug-likeness (QED) is 0.626. The van der Waals surface area contributed by atoms with Crippen molar-refractivity contribution in [2.75, 3.05) is 45.4 Å². The lowest BCUT2D eigenvalue weighted by molar-refractivity contribution is 0.0674. The van der Waals surface area contributed by atoms with Crippen LogP contribution in [0.4, 0.5) is 5.95 Å². The van der Waals surface area contributed by atoms with E-state index in [9.17, 15) is 0 Å². The third kappa shape index (κ3) is 5.21. The van der Waals surface area contributed by atoms with E-state index < -0.39 is 0 Å². The summed E-state index contributed by atoms with van der Waals surface area (Å²) in [7, 11) is 3.33. The monoisotopic (exact) mass is 412 g/mol. The normalized spacial score (nSPS) is 18.9. The molecule has 1 aromatic carbocycles. The number of methoxy groups -OCH3 is 2. The summed E-state index contributed by atoms with van der Waals surface area (Å²) in [6.07, 6.45) is 6.87. The van der Waals surface area contributed by atoms with Crippen molar-refractivity contribution >= 4 is 5.95 Å². The highest BCUT2D eigenvalue weighted by atomic mass is 16.5. The number of benzene rings is 1. The molecule has 30 heavy (non-hydrogen) atoms. The van der Waals surface area contributed by atoms with E-state index in [0.717, 1.165) is 75.3 Å². The third-order valence-corrected chi connectivity index (χ3v) is 5.82. The van der Waals surface area contributed by atoms with Gasteiger partial charge in [-0.25, -0.2) is 9.97 Å². The Kier molecular flexibility index (Phi) is 7.02. The summed E-state index contributed by atoms with van der Waals surface area (Å²) < 4.78 is 16.8. The number of aromatic nitrogens is 2. The second-order valence-electron chi connectivity index (χ2n) is 8.04. The average molecular weight is 413 g/mol. The zero-order valence-corrected chi connectivity index (χ0v) is 18.0. The van der Waals surface area contributed by atoms with Crippen LogP contribution in [0.3, 0.4) is 0 Å². The first-order valence-electron chi connectivity index (χ1n) is 10.9. The number of anilines is 1. The number of rotatable bonds is 9. The minimum atomic E-state index is 0.282. The van der Waals surface area contributed by atoms with Crippen molar-refractivity contribution in [3.8, 4) is 11.5 Å². The van der Waals surface area contributed by atoms with Gasteiger partial charge >= 0.3 is 0 Å². The van der Waals surface area contributed by atoms with Crippen molar-refractivity contribution in [3.63, 3.8) is 0 Å². The van der Waals surface area contributed by atoms with E-state index >= 15 is 0 Å². The standard InChI is InChI=1S/C23H32N4O3/c1-28-21-8-7-18(14-22(21)29-2)15-26(17-20-6-5-13-30-20)16-19-9-10-24-23(25-19)27-11-3-4-12-27/h7-10,14,20H,3-6,11-13,15-17H2,1-2H3. The molecule has 0 amide bonds. The Bertz CT molecular complexity index is 820. The second kappa shape index (κ2) is 10.1. The van der Waals surface area contributed by atoms with E-state index in [0.29, 0.717) is 0 Å². The van der Waals surface area contributed by atoms with Crippen LogP contribution in [0.1, 0.15) is 36.9 Å². The lowest BCUT2D eigenvalue weighted by Crippen LogP contribution is -2.32. The van der Waals surface area contributed by atoms with Gasteiger partial charge in [-0.2, -0.15) is 0 Å². The molecule has 0 N–H and O–H groups in total. The molecule has 2 aromatic rings. The van der Waals surface area contributed by atoms with E-state index in [4.69, 9.17) is 19.2 Å². The Balaban J connectivity index is 1.50. The van der Waals surface area contributed by atoms with Crippen molar-refractivity contribution in [1.82, 2.24) is 14.9 Å². The van der Waals surface area contributed by atoms with Crippen molar-refractivity contribution in [3.05, 3.63) is 41.7 Å². The molecule has 0 bridgehead atoms. The van der Waals surface area contributed by atoms with Crippen molar-refractivity contribution in [2.24, 2.45) is 0 Å². The van der Waals surface area contributed by atoms with E-state index in [1.54, 1.807) is 14.2 Å². The van der Waals surface area contributed by atoms with Crippen LogP contribution in [-0.4, -0.2) is 61.4 Å². The summed E-state index contributed by atoms with van der Waals surface area (Å²) in [5.74, 6) is 2.36. The topological polar surface area (TPSA) is 60.0 Å². The highest BCUT2D eigenvalue weighted by molar-refractivity contribution is 5.42. The second-order valence-corrected chi connectivity index (χ2v) is 8.04. The van der Waals surface area contributed by atoms with Gasteiger partial charge in [-0.1, -0.05) is 6.07 Å². The van der Waals surface area contributed by atoms with Gasteiger partial charge in [0.1, 0.15) is 0 Å². The number of hydrogen-bond donors (Lipinski definition) is 0. The van der Waals surface area contributed by atoms with Gasteiger partial charge in [0, 0.05) is 45.5 Å². The summed E-state index contributed by atoms with van der Waals surface area (Å²) in [6, 6.07) is 8.14. The maximum absolute atomic E-state index is 5.92. The SMILES string of the molecule is COc1ccc(CN(Cc2ccnc(N3CCCC3)n2)CC2CCCO2)cc1OC.